The van der Waals surface area contributed by atoms with E-state index in [9.17, 15) is 0 Å². The first kappa shape index (κ1) is 10.7. The Morgan fingerprint density at radius 1 is 1.00 bits per heavy atom. The summed E-state index contributed by atoms with van der Waals surface area (Å²) >= 11 is 0. The lowest BCUT2D eigenvalue weighted by atomic mass is 10.2. The second-order valence-electron chi connectivity index (χ2n) is 4.19. The van der Waals surface area contributed by atoms with Gasteiger partial charge in [0.05, 0.1) is 6.04 Å². The Bertz CT molecular complexity index is 435. The van der Waals surface area contributed by atoms with Crippen LogP contribution in [-0.2, 0) is 0 Å². The zero-order chi connectivity index (χ0) is 11.4. The summed E-state index contributed by atoms with van der Waals surface area (Å²) in [5, 5.41) is 3.46. The van der Waals surface area contributed by atoms with Crippen LogP contribution in [0.2, 0.25) is 0 Å². The predicted octanol–water partition coefficient (Wildman–Crippen LogP) is 3.85. The van der Waals surface area contributed by atoms with E-state index in [4.69, 9.17) is 0 Å². The van der Waals surface area contributed by atoms with E-state index >= 15 is 0 Å². The maximum atomic E-state index is 3.46. The molecule has 0 aromatic heterocycles. The minimum atomic E-state index is 0.274. The average molecular weight is 211 g/mol. The fraction of sp³-hybridized carbons (Fsp3) is 0.200. The highest BCUT2D eigenvalue weighted by Crippen LogP contribution is 2.13. The second kappa shape index (κ2) is 4.84. The molecule has 1 heteroatoms. The lowest BCUT2D eigenvalue weighted by Gasteiger charge is -2.12. The highest BCUT2D eigenvalue weighted by Gasteiger charge is 2.01. The quantitative estimate of drug-likeness (QED) is 0.783. The summed E-state index contributed by atoms with van der Waals surface area (Å²) in [5.41, 5.74) is 3.73. The summed E-state index contributed by atoms with van der Waals surface area (Å²) in [4.78, 5) is 0. The molecule has 0 radical (unpaired) electrons. The monoisotopic (exact) mass is 211 g/mol. The van der Waals surface area contributed by atoms with Crippen molar-refractivity contribution < 1.29 is 0 Å². The summed E-state index contributed by atoms with van der Waals surface area (Å²) in [6, 6.07) is 8.74. The van der Waals surface area contributed by atoms with Crippen LogP contribution in [0.25, 0.3) is 0 Å². The summed E-state index contributed by atoms with van der Waals surface area (Å²) in [6.45, 7) is 4.21. The highest BCUT2D eigenvalue weighted by atomic mass is 14.9. The molecule has 1 aromatic rings. The third-order valence-corrected chi connectivity index (χ3v) is 2.63. The van der Waals surface area contributed by atoms with Crippen molar-refractivity contribution in [3.63, 3.8) is 0 Å². The van der Waals surface area contributed by atoms with Crippen LogP contribution in [0.4, 0.5) is 5.69 Å². The van der Waals surface area contributed by atoms with Crippen LogP contribution in [0.1, 0.15) is 12.5 Å². The van der Waals surface area contributed by atoms with E-state index in [2.05, 4.69) is 73.8 Å². The van der Waals surface area contributed by atoms with E-state index in [1.807, 2.05) is 0 Å². The molecule has 1 unspecified atom stereocenters. The smallest absolute Gasteiger partial charge is 0.0634 e. The number of anilines is 1. The molecule has 16 heavy (non-hydrogen) atoms. The van der Waals surface area contributed by atoms with E-state index in [-0.39, 0.29) is 6.04 Å². The first-order valence-corrected chi connectivity index (χ1v) is 5.60. The van der Waals surface area contributed by atoms with Crippen molar-refractivity contribution in [2.24, 2.45) is 0 Å². The number of benzene rings is 1. The number of aryl methyl sites for hydroxylation is 1. The summed E-state index contributed by atoms with van der Waals surface area (Å²) in [6.07, 6.45) is 10.7. The first-order valence-electron chi connectivity index (χ1n) is 5.60. The molecule has 2 rings (SSSR count). The van der Waals surface area contributed by atoms with Gasteiger partial charge in [-0.25, -0.2) is 0 Å². The molecular formula is C15H17N. The minimum Gasteiger partial charge on any atom is -0.375 e. The van der Waals surface area contributed by atoms with Gasteiger partial charge < -0.3 is 5.32 Å². The zero-order valence-electron chi connectivity index (χ0n) is 9.77. The summed E-state index contributed by atoms with van der Waals surface area (Å²) < 4.78 is 0. The Kier molecular flexibility index (Phi) is 3.25. The van der Waals surface area contributed by atoms with Gasteiger partial charge in [0.15, 0.2) is 0 Å². The molecule has 1 atom stereocenters. The van der Waals surface area contributed by atoms with Crippen molar-refractivity contribution >= 4 is 5.69 Å². The SMILES string of the molecule is CC1=CC=CC(Nc2ccc(C)cc2)C=C1. The fourth-order valence-corrected chi connectivity index (χ4v) is 1.64. The third-order valence-electron chi connectivity index (χ3n) is 2.63. The topological polar surface area (TPSA) is 12.0 Å². The predicted molar refractivity (Wildman–Crippen MR) is 70.6 cm³/mol. The van der Waals surface area contributed by atoms with Crippen LogP contribution >= 0.6 is 0 Å². The molecular weight excluding hydrogens is 194 g/mol. The molecule has 1 aliphatic rings. The normalized spacial score (nSPS) is 19.1. The van der Waals surface area contributed by atoms with Gasteiger partial charge in [-0.15, -0.1) is 0 Å². The Morgan fingerprint density at radius 2 is 1.75 bits per heavy atom. The molecule has 0 bridgehead atoms. The van der Waals surface area contributed by atoms with Gasteiger partial charge in [-0.1, -0.05) is 53.6 Å². The van der Waals surface area contributed by atoms with E-state index in [1.54, 1.807) is 0 Å². The lowest BCUT2D eigenvalue weighted by molar-refractivity contribution is 1.11. The van der Waals surface area contributed by atoms with Crippen molar-refractivity contribution in [3.8, 4) is 0 Å². The van der Waals surface area contributed by atoms with Gasteiger partial charge in [-0.3, -0.25) is 0 Å². The molecule has 0 aliphatic heterocycles. The number of allylic oxidation sites excluding steroid dienone is 4. The number of hydrogen-bond donors (Lipinski definition) is 1. The zero-order valence-corrected chi connectivity index (χ0v) is 9.77. The number of rotatable bonds is 2. The van der Waals surface area contributed by atoms with Crippen LogP contribution < -0.4 is 5.32 Å². The van der Waals surface area contributed by atoms with Crippen LogP contribution in [-0.4, -0.2) is 6.04 Å². The molecule has 1 nitrogen and oxygen atoms in total. The van der Waals surface area contributed by atoms with Gasteiger partial charge in [0, 0.05) is 5.69 Å². The van der Waals surface area contributed by atoms with E-state index in [0.29, 0.717) is 0 Å². The molecule has 82 valence electrons. The largest absolute Gasteiger partial charge is 0.375 e. The van der Waals surface area contributed by atoms with E-state index in [0.717, 1.165) is 5.69 Å². The van der Waals surface area contributed by atoms with E-state index < -0.39 is 0 Å². The minimum absolute atomic E-state index is 0.274. The lowest BCUT2D eigenvalue weighted by Crippen LogP contribution is -2.13. The molecule has 0 heterocycles. The highest BCUT2D eigenvalue weighted by molar-refractivity contribution is 5.48. The van der Waals surface area contributed by atoms with Crippen LogP contribution in [0.15, 0.2) is 60.2 Å². The summed E-state index contributed by atoms with van der Waals surface area (Å²) in [7, 11) is 0. The Balaban J connectivity index is 2.06. The molecule has 1 N–H and O–H groups in total. The van der Waals surface area contributed by atoms with Gasteiger partial charge in [0.2, 0.25) is 0 Å². The Labute approximate surface area is 97.2 Å². The first-order chi connectivity index (χ1) is 7.74. The van der Waals surface area contributed by atoms with Gasteiger partial charge in [-0.2, -0.15) is 0 Å². The van der Waals surface area contributed by atoms with Gasteiger partial charge in [0.25, 0.3) is 0 Å². The van der Waals surface area contributed by atoms with Crippen molar-refractivity contribution in [3.05, 3.63) is 65.8 Å². The van der Waals surface area contributed by atoms with E-state index in [1.165, 1.54) is 11.1 Å². The maximum absolute atomic E-state index is 3.46. The number of nitrogens with one attached hydrogen (secondary N) is 1. The standard InChI is InChI=1S/C15H17N/c1-12-4-3-5-14(9-6-12)16-15-10-7-13(2)8-11-15/h3-11,14,16H,1-2H3. The van der Waals surface area contributed by atoms with Gasteiger partial charge >= 0.3 is 0 Å². The second-order valence-corrected chi connectivity index (χ2v) is 4.19. The molecule has 0 amide bonds. The average Bonchev–Trinajstić information content (AvgIpc) is 2.47. The fourth-order valence-electron chi connectivity index (χ4n) is 1.64. The van der Waals surface area contributed by atoms with Crippen molar-refractivity contribution in [2.45, 2.75) is 19.9 Å². The number of hydrogen-bond acceptors (Lipinski definition) is 1. The van der Waals surface area contributed by atoms with Crippen LogP contribution in [0, 0.1) is 6.92 Å². The molecule has 0 saturated carbocycles. The maximum Gasteiger partial charge on any atom is 0.0634 e. The van der Waals surface area contributed by atoms with Crippen LogP contribution in [0.3, 0.4) is 0 Å². The molecule has 0 spiro atoms. The Morgan fingerprint density at radius 3 is 2.50 bits per heavy atom. The molecule has 1 aromatic carbocycles. The summed E-state index contributed by atoms with van der Waals surface area (Å²) in [5.74, 6) is 0. The van der Waals surface area contributed by atoms with Crippen LogP contribution in [0.5, 0.6) is 0 Å². The Hall–Kier alpha value is -1.76. The van der Waals surface area contributed by atoms with Gasteiger partial charge in [-0.05, 0) is 26.0 Å². The molecule has 0 fully saturated rings. The molecule has 0 saturated heterocycles. The van der Waals surface area contributed by atoms with Crippen molar-refractivity contribution in [1.29, 1.82) is 0 Å². The molecule has 1 aliphatic carbocycles. The van der Waals surface area contributed by atoms with Gasteiger partial charge in [0.1, 0.15) is 0 Å². The third kappa shape index (κ3) is 2.86. The van der Waals surface area contributed by atoms with Crippen molar-refractivity contribution in [1.82, 2.24) is 0 Å². The van der Waals surface area contributed by atoms with Crippen molar-refractivity contribution in [2.75, 3.05) is 5.32 Å².